The van der Waals surface area contributed by atoms with Crippen LogP contribution in [0.4, 0.5) is 0 Å². The van der Waals surface area contributed by atoms with Gasteiger partial charge in [0.25, 0.3) is 0 Å². The van der Waals surface area contributed by atoms with Crippen LogP contribution in [0.25, 0.3) is 5.78 Å². The van der Waals surface area contributed by atoms with Crippen LogP contribution in [0.2, 0.25) is 0 Å². The van der Waals surface area contributed by atoms with Crippen LogP contribution in [-0.2, 0) is 11.3 Å². The lowest BCUT2D eigenvalue weighted by atomic mass is 10.1. The number of morpholine rings is 1. The van der Waals surface area contributed by atoms with Gasteiger partial charge in [-0.1, -0.05) is 30.3 Å². The molecule has 1 fully saturated rings. The number of aryl methyl sites for hydroxylation is 2. The van der Waals surface area contributed by atoms with Crippen molar-refractivity contribution in [3.05, 3.63) is 65.2 Å². The molecule has 1 aliphatic rings. The molecule has 0 saturated carbocycles. The van der Waals surface area contributed by atoms with Crippen molar-refractivity contribution in [1.82, 2.24) is 19.3 Å². The van der Waals surface area contributed by atoms with E-state index in [1.165, 1.54) is 11.3 Å². The highest BCUT2D eigenvalue weighted by molar-refractivity contribution is 5.34. The smallest absolute Gasteiger partial charge is 0.234 e. The molecule has 0 bridgehead atoms. The minimum Gasteiger partial charge on any atom is -0.368 e. The monoisotopic (exact) mass is 336 g/mol. The Morgan fingerprint density at radius 2 is 1.92 bits per heavy atom. The van der Waals surface area contributed by atoms with Gasteiger partial charge in [0.1, 0.15) is 0 Å². The average molecular weight is 336 g/mol. The molecule has 2 unspecified atom stereocenters. The van der Waals surface area contributed by atoms with E-state index in [2.05, 4.69) is 64.7 Å². The maximum absolute atomic E-state index is 6.15. The standard InChI is InChI=1S/C20H24N4O/c1-14-9-15(2)24-12-18(22-20(24)21-14)11-23-10-16(3)25-19(13-23)17-7-5-4-6-8-17/h4-9,12,16,19H,10-11,13H2,1-3H3. The SMILES string of the molecule is Cc1cc(C)n2cc(CN3CC(C)OC(c4ccccc4)C3)nc2n1. The highest BCUT2D eigenvalue weighted by Gasteiger charge is 2.26. The minimum absolute atomic E-state index is 0.115. The number of aromatic nitrogens is 3. The van der Waals surface area contributed by atoms with E-state index in [0.717, 1.165) is 36.8 Å². The Kier molecular flexibility index (Phi) is 4.27. The van der Waals surface area contributed by atoms with Crippen LogP contribution >= 0.6 is 0 Å². The molecule has 2 atom stereocenters. The van der Waals surface area contributed by atoms with E-state index in [1.54, 1.807) is 0 Å². The molecule has 4 rings (SSSR count). The summed E-state index contributed by atoms with van der Waals surface area (Å²) < 4.78 is 8.22. The lowest BCUT2D eigenvalue weighted by Crippen LogP contribution is -2.42. The van der Waals surface area contributed by atoms with E-state index in [4.69, 9.17) is 9.72 Å². The maximum Gasteiger partial charge on any atom is 0.234 e. The number of rotatable bonds is 3. The van der Waals surface area contributed by atoms with Crippen molar-refractivity contribution >= 4 is 5.78 Å². The van der Waals surface area contributed by atoms with Crippen LogP contribution in [0.5, 0.6) is 0 Å². The number of imidazole rings is 1. The van der Waals surface area contributed by atoms with Crippen LogP contribution in [0, 0.1) is 13.8 Å². The summed E-state index contributed by atoms with van der Waals surface area (Å²) in [7, 11) is 0. The van der Waals surface area contributed by atoms with E-state index >= 15 is 0 Å². The Labute approximate surface area is 148 Å². The second-order valence-corrected chi connectivity index (χ2v) is 6.98. The van der Waals surface area contributed by atoms with Crippen molar-refractivity contribution in [3.8, 4) is 0 Å². The van der Waals surface area contributed by atoms with Gasteiger partial charge in [-0.25, -0.2) is 9.97 Å². The molecule has 3 heterocycles. The summed E-state index contributed by atoms with van der Waals surface area (Å²) in [6.07, 6.45) is 2.43. The molecule has 2 aromatic heterocycles. The fourth-order valence-corrected chi connectivity index (χ4v) is 3.64. The summed E-state index contributed by atoms with van der Waals surface area (Å²) >= 11 is 0. The van der Waals surface area contributed by atoms with Crippen LogP contribution in [0.1, 0.15) is 35.7 Å². The van der Waals surface area contributed by atoms with Gasteiger partial charge in [-0.15, -0.1) is 0 Å². The summed E-state index contributed by atoms with van der Waals surface area (Å²) in [5.74, 6) is 0.786. The van der Waals surface area contributed by atoms with Crippen molar-refractivity contribution < 1.29 is 4.74 Å². The molecule has 130 valence electrons. The Morgan fingerprint density at radius 3 is 2.72 bits per heavy atom. The molecule has 1 aromatic carbocycles. The molecule has 1 saturated heterocycles. The fourth-order valence-electron chi connectivity index (χ4n) is 3.64. The maximum atomic E-state index is 6.15. The average Bonchev–Trinajstić information content (AvgIpc) is 2.97. The Balaban J connectivity index is 1.54. The van der Waals surface area contributed by atoms with Gasteiger partial charge in [-0.2, -0.15) is 0 Å². The zero-order valence-electron chi connectivity index (χ0n) is 15.0. The van der Waals surface area contributed by atoms with Gasteiger partial charge >= 0.3 is 0 Å². The molecular weight excluding hydrogens is 312 g/mol. The topological polar surface area (TPSA) is 42.7 Å². The zero-order valence-corrected chi connectivity index (χ0v) is 15.0. The molecule has 0 N–H and O–H groups in total. The fraction of sp³-hybridized carbons (Fsp3) is 0.400. The Hall–Kier alpha value is -2.24. The first-order valence-electron chi connectivity index (χ1n) is 8.83. The molecule has 0 radical (unpaired) electrons. The predicted octanol–water partition coefficient (Wildman–Crippen LogP) is 3.31. The van der Waals surface area contributed by atoms with Gasteiger partial charge in [0, 0.05) is 37.2 Å². The van der Waals surface area contributed by atoms with Gasteiger partial charge in [-0.3, -0.25) is 9.30 Å². The van der Waals surface area contributed by atoms with E-state index in [1.807, 2.05) is 13.0 Å². The number of nitrogens with zero attached hydrogens (tertiary/aromatic N) is 4. The third-order valence-electron chi connectivity index (χ3n) is 4.70. The van der Waals surface area contributed by atoms with Crippen LogP contribution < -0.4 is 0 Å². The van der Waals surface area contributed by atoms with E-state index in [0.29, 0.717) is 0 Å². The summed E-state index contributed by atoms with van der Waals surface area (Å²) in [6.45, 7) is 8.86. The molecule has 0 spiro atoms. The zero-order chi connectivity index (χ0) is 17.4. The van der Waals surface area contributed by atoms with Gasteiger partial charge in [0.2, 0.25) is 5.78 Å². The van der Waals surface area contributed by atoms with Crippen LogP contribution in [0.3, 0.4) is 0 Å². The molecule has 25 heavy (non-hydrogen) atoms. The van der Waals surface area contributed by atoms with Gasteiger partial charge < -0.3 is 4.74 Å². The first kappa shape index (κ1) is 16.2. The number of hydrogen-bond donors (Lipinski definition) is 0. The molecule has 3 aromatic rings. The van der Waals surface area contributed by atoms with E-state index < -0.39 is 0 Å². The molecule has 5 heteroatoms. The molecule has 0 aliphatic carbocycles. The first-order valence-corrected chi connectivity index (χ1v) is 8.83. The summed E-state index contributed by atoms with van der Waals surface area (Å²) in [5, 5.41) is 0. The third kappa shape index (κ3) is 3.43. The molecule has 1 aliphatic heterocycles. The van der Waals surface area contributed by atoms with Crippen molar-refractivity contribution in [2.75, 3.05) is 13.1 Å². The highest BCUT2D eigenvalue weighted by atomic mass is 16.5. The van der Waals surface area contributed by atoms with Gasteiger partial charge in [0.05, 0.1) is 17.9 Å². The summed E-state index contributed by atoms with van der Waals surface area (Å²) in [5.41, 5.74) is 4.47. The van der Waals surface area contributed by atoms with Gasteiger partial charge in [0.15, 0.2) is 0 Å². The third-order valence-corrected chi connectivity index (χ3v) is 4.70. The van der Waals surface area contributed by atoms with E-state index in [-0.39, 0.29) is 12.2 Å². The summed E-state index contributed by atoms with van der Waals surface area (Å²) in [4.78, 5) is 11.7. The minimum atomic E-state index is 0.115. The molecular formula is C20H24N4O. The number of hydrogen-bond acceptors (Lipinski definition) is 4. The summed E-state index contributed by atoms with van der Waals surface area (Å²) in [6, 6.07) is 12.5. The van der Waals surface area contributed by atoms with Crippen LogP contribution in [0.15, 0.2) is 42.6 Å². The Morgan fingerprint density at radius 1 is 1.12 bits per heavy atom. The number of fused-ring (bicyclic) bond motifs is 1. The normalized spacial score (nSPS) is 21.7. The van der Waals surface area contributed by atoms with Crippen molar-refractivity contribution in [2.24, 2.45) is 0 Å². The number of benzene rings is 1. The van der Waals surface area contributed by atoms with Crippen LogP contribution in [-0.4, -0.2) is 38.5 Å². The molecule has 0 amide bonds. The number of ether oxygens (including phenoxy) is 1. The second-order valence-electron chi connectivity index (χ2n) is 6.98. The highest BCUT2D eigenvalue weighted by Crippen LogP contribution is 2.26. The second kappa shape index (κ2) is 6.58. The van der Waals surface area contributed by atoms with Crippen molar-refractivity contribution in [3.63, 3.8) is 0 Å². The first-order chi connectivity index (χ1) is 12.1. The quantitative estimate of drug-likeness (QED) is 0.736. The largest absolute Gasteiger partial charge is 0.368 e. The lowest BCUT2D eigenvalue weighted by molar-refractivity contribution is -0.0816. The Bertz CT molecular complexity index is 874. The van der Waals surface area contributed by atoms with Crippen molar-refractivity contribution in [2.45, 2.75) is 39.5 Å². The van der Waals surface area contributed by atoms with Crippen molar-refractivity contribution in [1.29, 1.82) is 0 Å². The lowest BCUT2D eigenvalue weighted by Gasteiger charge is -2.36. The predicted molar refractivity (Wildman–Crippen MR) is 97.5 cm³/mol. The van der Waals surface area contributed by atoms with Gasteiger partial charge in [-0.05, 0) is 32.4 Å². The molecule has 5 nitrogen and oxygen atoms in total. The van der Waals surface area contributed by atoms with E-state index in [9.17, 15) is 0 Å².